The van der Waals surface area contributed by atoms with E-state index >= 15 is 0 Å². The zero-order chi connectivity index (χ0) is 19.9. The maximum atomic E-state index is 12.3. The Hall–Kier alpha value is -3.40. The van der Waals surface area contributed by atoms with Gasteiger partial charge >= 0.3 is 0 Å². The predicted molar refractivity (Wildman–Crippen MR) is 114 cm³/mol. The van der Waals surface area contributed by atoms with Crippen LogP contribution in [0.5, 0.6) is 0 Å². The highest BCUT2D eigenvalue weighted by atomic mass is 16.2. The Morgan fingerprint density at radius 1 is 0.714 bits per heavy atom. The highest BCUT2D eigenvalue weighted by molar-refractivity contribution is 5.94. The number of nitrogens with one attached hydrogen (secondary N) is 2. The molecule has 0 unspecified atom stereocenters. The van der Waals surface area contributed by atoms with E-state index in [9.17, 15) is 9.59 Å². The van der Waals surface area contributed by atoms with Crippen LogP contribution < -0.4 is 10.6 Å². The van der Waals surface area contributed by atoms with Gasteiger partial charge in [-0.1, -0.05) is 68.4 Å². The third-order valence-electron chi connectivity index (χ3n) is 4.39. The van der Waals surface area contributed by atoms with Crippen molar-refractivity contribution >= 4 is 23.2 Å². The Balaban J connectivity index is 1.56. The molecular weight excluding hydrogens is 348 g/mol. The summed E-state index contributed by atoms with van der Waals surface area (Å²) in [6.07, 6.45) is 0.306. The number of carbonyl (C=O) groups is 2. The molecule has 3 aromatic rings. The van der Waals surface area contributed by atoms with E-state index in [0.29, 0.717) is 17.8 Å². The Bertz CT molecular complexity index is 931. The molecule has 0 aliphatic rings. The summed E-state index contributed by atoms with van der Waals surface area (Å²) in [5.41, 5.74) is 4.66. The lowest BCUT2D eigenvalue weighted by Crippen LogP contribution is -2.18. The zero-order valence-electron chi connectivity index (χ0n) is 16.1. The molecule has 3 aromatic carbocycles. The lowest BCUT2D eigenvalue weighted by atomic mass is 10.0. The molecule has 0 heterocycles. The summed E-state index contributed by atoms with van der Waals surface area (Å²) < 4.78 is 0. The molecule has 2 amide bonds. The summed E-state index contributed by atoms with van der Waals surface area (Å²) in [6.45, 7) is 3.69. The Morgan fingerprint density at radius 2 is 1.25 bits per heavy atom. The van der Waals surface area contributed by atoms with Gasteiger partial charge in [0.05, 0.1) is 6.42 Å². The number of hydrogen-bond acceptors (Lipinski definition) is 2. The fourth-order valence-corrected chi connectivity index (χ4v) is 2.76. The molecular formula is C24H24N2O2. The number of amides is 2. The van der Waals surface area contributed by atoms with Crippen molar-refractivity contribution in [2.45, 2.75) is 20.3 Å². The normalized spacial score (nSPS) is 10.5. The van der Waals surface area contributed by atoms with Gasteiger partial charge in [-0.25, -0.2) is 0 Å². The van der Waals surface area contributed by atoms with Crippen LogP contribution in [0.15, 0.2) is 78.9 Å². The van der Waals surface area contributed by atoms with E-state index in [0.717, 1.165) is 16.7 Å². The predicted octanol–water partition coefficient (Wildman–Crippen LogP) is 5.13. The van der Waals surface area contributed by atoms with Gasteiger partial charge in [-0.15, -0.1) is 0 Å². The minimum Gasteiger partial charge on any atom is -0.326 e. The average molecular weight is 372 g/mol. The molecule has 0 fully saturated rings. The first kappa shape index (κ1) is 19.4. The molecule has 0 aromatic heterocycles. The van der Waals surface area contributed by atoms with E-state index in [-0.39, 0.29) is 17.7 Å². The number of benzene rings is 3. The van der Waals surface area contributed by atoms with E-state index in [1.54, 1.807) is 24.3 Å². The van der Waals surface area contributed by atoms with E-state index in [1.807, 2.05) is 56.3 Å². The van der Waals surface area contributed by atoms with Crippen LogP contribution in [-0.4, -0.2) is 11.8 Å². The number of hydrogen-bond donors (Lipinski definition) is 2. The second-order valence-electron chi connectivity index (χ2n) is 7.01. The molecule has 0 aliphatic heterocycles. The van der Waals surface area contributed by atoms with Crippen molar-refractivity contribution in [2.75, 3.05) is 10.6 Å². The van der Waals surface area contributed by atoms with Crippen molar-refractivity contribution in [1.82, 2.24) is 0 Å². The SMILES string of the molecule is CC(C)C(=O)Nc1ccc(NC(=O)Cc2ccc(-c3ccccc3)cc2)cc1. The molecule has 0 saturated heterocycles. The largest absolute Gasteiger partial charge is 0.326 e. The zero-order valence-corrected chi connectivity index (χ0v) is 16.1. The Labute approximate surface area is 165 Å². The van der Waals surface area contributed by atoms with Gasteiger partial charge in [-0.2, -0.15) is 0 Å². The van der Waals surface area contributed by atoms with Crippen molar-refractivity contribution < 1.29 is 9.59 Å². The van der Waals surface area contributed by atoms with Gasteiger partial charge in [0.2, 0.25) is 11.8 Å². The lowest BCUT2D eigenvalue weighted by molar-refractivity contribution is -0.119. The maximum absolute atomic E-state index is 12.3. The van der Waals surface area contributed by atoms with Gasteiger partial charge in [0.15, 0.2) is 0 Å². The standard InChI is InChI=1S/C24H24N2O2/c1-17(2)24(28)26-22-14-12-21(13-15-22)25-23(27)16-18-8-10-20(11-9-18)19-6-4-3-5-7-19/h3-15,17H,16H2,1-2H3,(H,25,27)(H,26,28). The summed E-state index contributed by atoms with van der Waals surface area (Å²) in [7, 11) is 0. The molecule has 4 heteroatoms. The lowest BCUT2D eigenvalue weighted by Gasteiger charge is -2.10. The smallest absolute Gasteiger partial charge is 0.228 e. The quantitative estimate of drug-likeness (QED) is 0.630. The van der Waals surface area contributed by atoms with Gasteiger partial charge in [0, 0.05) is 17.3 Å². The molecule has 0 aliphatic carbocycles. The molecule has 0 spiro atoms. The third kappa shape index (κ3) is 5.30. The van der Waals surface area contributed by atoms with Crippen molar-refractivity contribution in [2.24, 2.45) is 5.92 Å². The molecule has 2 N–H and O–H groups in total. The fourth-order valence-electron chi connectivity index (χ4n) is 2.76. The van der Waals surface area contributed by atoms with Gasteiger partial charge in [0.25, 0.3) is 0 Å². The van der Waals surface area contributed by atoms with Crippen LogP contribution in [0.2, 0.25) is 0 Å². The maximum Gasteiger partial charge on any atom is 0.228 e. The minimum atomic E-state index is -0.0774. The first-order valence-electron chi connectivity index (χ1n) is 9.36. The van der Waals surface area contributed by atoms with Crippen molar-refractivity contribution in [3.63, 3.8) is 0 Å². The van der Waals surface area contributed by atoms with E-state index < -0.39 is 0 Å². The van der Waals surface area contributed by atoms with Crippen LogP contribution in [0.1, 0.15) is 19.4 Å². The van der Waals surface area contributed by atoms with Gasteiger partial charge in [-0.3, -0.25) is 9.59 Å². The summed E-state index contributed by atoms with van der Waals surface area (Å²) >= 11 is 0. The second-order valence-corrected chi connectivity index (χ2v) is 7.01. The van der Waals surface area contributed by atoms with E-state index in [4.69, 9.17) is 0 Å². The van der Waals surface area contributed by atoms with Gasteiger partial charge < -0.3 is 10.6 Å². The molecule has 0 saturated carbocycles. The molecule has 0 atom stereocenters. The van der Waals surface area contributed by atoms with Crippen LogP contribution in [-0.2, 0) is 16.0 Å². The van der Waals surface area contributed by atoms with E-state index in [2.05, 4.69) is 22.8 Å². The molecule has 0 radical (unpaired) electrons. The van der Waals surface area contributed by atoms with Crippen LogP contribution >= 0.6 is 0 Å². The number of rotatable bonds is 6. The summed E-state index contributed by atoms with van der Waals surface area (Å²) in [6, 6.07) is 25.3. The van der Waals surface area contributed by atoms with Crippen LogP contribution in [0.3, 0.4) is 0 Å². The van der Waals surface area contributed by atoms with E-state index in [1.165, 1.54) is 0 Å². The van der Waals surface area contributed by atoms with Crippen LogP contribution in [0.4, 0.5) is 11.4 Å². The summed E-state index contributed by atoms with van der Waals surface area (Å²) in [5.74, 6) is -0.185. The highest BCUT2D eigenvalue weighted by Crippen LogP contribution is 2.20. The van der Waals surface area contributed by atoms with Crippen molar-refractivity contribution in [1.29, 1.82) is 0 Å². The summed E-state index contributed by atoms with van der Waals surface area (Å²) in [4.78, 5) is 24.0. The van der Waals surface area contributed by atoms with Crippen LogP contribution in [0.25, 0.3) is 11.1 Å². The molecule has 4 nitrogen and oxygen atoms in total. The van der Waals surface area contributed by atoms with Crippen molar-refractivity contribution in [3.05, 3.63) is 84.4 Å². The van der Waals surface area contributed by atoms with Gasteiger partial charge in [-0.05, 0) is 41.0 Å². The topological polar surface area (TPSA) is 58.2 Å². The first-order chi connectivity index (χ1) is 13.5. The third-order valence-corrected chi connectivity index (χ3v) is 4.39. The Kier molecular flexibility index (Phi) is 6.22. The molecule has 0 bridgehead atoms. The second kappa shape index (κ2) is 9.00. The first-order valence-corrected chi connectivity index (χ1v) is 9.36. The highest BCUT2D eigenvalue weighted by Gasteiger charge is 2.08. The molecule has 28 heavy (non-hydrogen) atoms. The number of carbonyl (C=O) groups excluding carboxylic acids is 2. The number of anilines is 2. The summed E-state index contributed by atoms with van der Waals surface area (Å²) in [5, 5.41) is 5.72. The van der Waals surface area contributed by atoms with Crippen molar-refractivity contribution in [3.8, 4) is 11.1 Å². The monoisotopic (exact) mass is 372 g/mol. The average Bonchev–Trinajstić information content (AvgIpc) is 2.70. The Morgan fingerprint density at radius 3 is 1.82 bits per heavy atom. The minimum absolute atomic E-state index is 0.0317. The van der Waals surface area contributed by atoms with Crippen LogP contribution in [0, 0.1) is 5.92 Å². The fraction of sp³-hybridized carbons (Fsp3) is 0.167. The molecule has 142 valence electrons. The molecule has 3 rings (SSSR count). The van der Waals surface area contributed by atoms with Gasteiger partial charge in [0.1, 0.15) is 0 Å².